The van der Waals surface area contributed by atoms with Gasteiger partial charge in [-0.05, 0) is 24.8 Å². The highest BCUT2D eigenvalue weighted by molar-refractivity contribution is 4.78. The zero-order chi connectivity index (χ0) is 14.0. The van der Waals surface area contributed by atoms with Crippen LogP contribution in [-0.2, 0) is 4.74 Å². The Labute approximate surface area is 114 Å². The fourth-order valence-corrected chi connectivity index (χ4v) is 2.28. The summed E-state index contributed by atoms with van der Waals surface area (Å²) in [6, 6.07) is 0.606. The number of hydrogen-bond donors (Lipinski definition) is 1. The number of methoxy groups -OCH3 is 1. The van der Waals surface area contributed by atoms with Gasteiger partial charge in [-0.25, -0.2) is 0 Å². The van der Waals surface area contributed by atoms with Crippen LogP contribution < -0.4 is 5.32 Å². The molecule has 0 heterocycles. The van der Waals surface area contributed by atoms with Crippen LogP contribution in [0, 0.1) is 11.8 Å². The maximum Gasteiger partial charge on any atom is 0.0589 e. The number of nitrogens with one attached hydrogen (secondary N) is 1. The lowest BCUT2D eigenvalue weighted by molar-refractivity contribution is 0.0896. The van der Waals surface area contributed by atoms with Crippen LogP contribution in [0.5, 0.6) is 0 Å². The Balaban J connectivity index is 4.41. The molecule has 0 aliphatic rings. The molecule has 0 aromatic rings. The molecule has 0 saturated heterocycles. The zero-order valence-electron chi connectivity index (χ0n) is 13.3. The molecule has 1 atom stereocenters. The first-order chi connectivity index (χ1) is 8.52. The summed E-state index contributed by atoms with van der Waals surface area (Å²) in [6.07, 6.45) is 1.20. The van der Waals surface area contributed by atoms with Crippen LogP contribution in [0.25, 0.3) is 0 Å². The molecule has 1 unspecified atom stereocenters. The second-order valence-corrected chi connectivity index (χ2v) is 5.90. The normalized spacial score (nSPS) is 13.8. The van der Waals surface area contributed by atoms with E-state index < -0.39 is 0 Å². The molecule has 0 saturated carbocycles. The molecule has 0 amide bonds. The van der Waals surface area contributed by atoms with E-state index >= 15 is 0 Å². The third kappa shape index (κ3) is 8.06. The van der Waals surface area contributed by atoms with Gasteiger partial charge in [0.05, 0.1) is 6.61 Å². The lowest BCUT2D eigenvalue weighted by atomic mass is 10.0. The molecule has 0 spiro atoms. The Morgan fingerprint density at radius 3 is 2.28 bits per heavy atom. The minimum atomic E-state index is 0.606. The molecule has 0 aromatic heterocycles. The van der Waals surface area contributed by atoms with Gasteiger partial charge >= 0.3 is 0 Å². The number of rotatable bonds is 11. The minimum absolute atomic E-state index is 0.606. The van der Waals surface area contributed by atoms with Crippen molar-refractivity contribution < 1.29 is 4.74 Å². The summed E-state index contributed by atoms with van der Waals surface area (Å²) in [7, 11) is 1.78. The second-order valence-electron chi connectivity index (χ2n) is 5.90. The average Bonchev–Trinajstić information content (AvgIpc) is 2.29. The van der Waals surface area contributed by atoms with E-state index in [0.717, 1.165) is 32.8 Å². The van der Waals surface area contributed by atoms with Gasteiger partial charge in [0, 0.05) is 32.8 Å². The van der Waals surface area contributed by atoms with Crippen LogP contribution in [0.15, 0.2) is 0 Å². The summed E-state index contributed by atoms with van der Waals surface area (Å²) in [5.74, 6) is 1.37. The highest BCUT2D eigenvalue weighted by atomic mass is 16.5. The molecule has 0 fully saturated rings. The van der Waals surface area contributed by atoms with Gasteiger partial charge in [-0.3, -0.25) is 4.90 Å². The number of hydrogen-bond acceptors (Lipinski definition) is 3. The molecule has 0 aromatic carbocycles. The van der Waals surface area contributed by atoms with Crippen LogP contribution in [0.2, 0.25) is 0 Å². The molecular weight excluding hydrogens is 224 g/mol. The molecule has 0 bridgehead atoms. The summed E-state index contributed by atoms with van der Waals surface area (Å²) >= 11 is 0. The van der Waals surface area contributed by atoms with Gasteiger partial charge in [-0.2, -0.15) is 0 Å². The Bertz CT molecular complexity index is 183. The van der Waals surface area contributed by atoms with E-state index in [1.54, 1.807) is 7.11 Å². The maximum atomic E-state index is 5.25. The van der Waals surface area contributed by atoms with Crippen LogP contribution in [0.1, 0.15) is 41.0 Å². The third-order valence-corrected chi connectivity index (χ3v) is 3.20. The van der Waals surface area contributed by atoms with Crippen LogP contribution in [0.4, 0.5) is 0 Å². The highest BCUT2D eigenvalue weighted by Gasteiger charge is 2.21. The molecular formula is C15H34N2O. The first-order valence-electron chi connectivity index (χ1n) is 7.46. The van der Waals surface area contributed by atoms with E-state index in [9.17, 15) is 0 Å². The van der Waals surface area contributed by atoms with Gasteiger partial charge in [-0.1, -0.05) is 34.6 Å². The topological polar surface area (TPSA) is 24.5 Å². The largest absolute Gasteiger partial charge is 0.383 e. The molecule has 0 radical (unpaired) electrons. The van der Waals surface area contributed by atoms with Crippen LogP contribution >= 0.6 is 0 Å². The van der Waals surface area contributed by atoms with Crippen molar-refractivity contribution in [1.82, 2.24) is 10.2 Å². The third-order valence-electron chi connectivity index (χ3n) is 3.20. The van der Waals surface area contributed by atoms with Gasteiger partial charge in [0.15, 0.2) is 0 Å². The number of ether oxygens (including phenoxy) is 1. The fourth-order valence-electron chi connectivity index (χ4n) is 2.28. The summed E-state index contributed by atoms with van der Waals surface area (Å²) in [5.41, 5.74) is 0. The minimum Gasteiger partial charge on any atom is -0.383 e. The van der Waals surface area contributed by atoms with Crippen molar-refractivity contribution >= 4 is 0 Å². The SMILES string of the molecule is CCCNCC(C(C)C)N(CCOC)CC(C)C. The molecule has 0 aliphatic carbocycles. The average molecular weight is 258 g/mol. The Morgan fingerprint density at radius 1 is 1.17 bits per heavy atom. The lowest BCUT2D eigenvalue weighted by Crippen LogP contribution is -2.48. The van der Waals surface area contributed by atoms with Crippen molar-refractivity contribution in [2.24, 2.45) is 11.8 Å². The van der Waals surface area contributed by atoms with Gasteiger partial charge in [0.25, 0.3) is 0 Å². The maximum absolute atomic E-state index is 5.25. The van der Waals surface area contributed by atoms with Crippen molar-refractivity contribution in [2.75, 3.05) is 39.9 Å². The van der Waals surface area contributed by atoms with E-state index in [-0.39, 0.29) is 0 Å². The summed E-state index contributed by atoms with van der Waals surface area (Å²) in [6.45, 7) is 16.6. The van der Waals surface area contributed by atoms with E-state index in [2.05, 4.69) is 44.8 Å². The monoisotopic (exact) mass is 258 g/mol. The van der Waals surface area contributed by atoms with Crippen molar-refractivity contribution in [2.45, 2.75) is 47.1 Å². The smallest absolute Gasteiger partial charge is 0.0589 e. The Hall–Kier alpha value is -0.120. The molecule has 1 N–H and O–H groups in total. The molecule has 3 nitrogen and oxygen atoms in total. The molecule has 18 heavy (non-hydrogen) atoms. The summed E-state index contributed by atoms with van der Waals surface area (Å²) in [5, 5.41) is 3.56. The first-order valence-corrected chi connectivity index (χ1v) is 7.46. The van der Waals surface area contributed by atoms with Gasteiger partial charge in [-0.15, -0.1) is 0 Å². The van der Waals surface area contributed by atoms with E-state index in [0.29, 0.717) is 17.9 Å². The number of nitrogens with zero attached hydrogens (tertiary/aromatic N) is 1. The molecule has 0 aliphatic heterocycles. The molecule has 110 valence electrons. The Morgan fingerprint density at radius 2 is 1.83 bits per heavy atom. The standard InChI is InChI=1S/C15H34N2O/c1-7-8-16-11-15(14(4)5)17(9-10-18-6)12-13(2)3/h13-16H,7-12H2,1-6H3. The van der Waals surface area contributed by atoms with E-state index in [1.807, 2.05) is 0 Å². The predicted octanol–water partition coefficient (Wildman–Crippen LogP) is 2.62. The predicted molar refractivity (Wildman–Crippen MR) is 80.1 cm³/mol. The summed E-state index contributed by atoms with van der Waals surface area (Å²) < 4.78 is 5.25. The van der Waals surface area contributed by atoms with Gasteiger partial charge < -0.3 is 10.1 Å². The summed E-state index contributed by atoms with van der Waals surface area (Å²) in [4.78, 5) is 2.58. The zero-order valence-corrected chi connectivity index (χ0v) is 13.3. The Kier molecular flexibility index (Phi) is 10.7. The van der Waals surface area contributed by atoms with Crippen LogP contribution in [-0.4, -0.2) is 50.8 Å². The van der Waals surface area contributed by atoms with Crippen molar-refractivity contribution in [3.8, 4) is 0 Å². The van der Waals surface area contributed by atoms with Gasteiger partial charge in [0.1, 0.15) is 0 Å². The van der Waals surface area contributed by atoms with E-state index in [1.165, 1.54) is 6.42 Å². The first kappa shape index (κ1) is 17.9. The molecule has 3 heteroatoms. The van der Waals surface area contributed by atoms with Crippen LogP contribution in [0.3, 0.4) is 0 Å². The van der Waals surface area contributed by atoms with Crippen molar-refractivity contribution in [3.63, 3.8) is 0 Å². The fraction of sp³-hybridized carbons (Fsp3) is 1.00. The van der Waals surface area contributed by atoms with Gasteiger partial charge in [0.2, 0.25) is 0 Å². The van der Waals surface area contributed by atoms with Crippen molar-refractivity contribution in [3.05, 3.63) is 0 Å². The van der Waals surface area contributed by atoms with E-state index in [4.69, 9.17) is 4.74 Å². The second kappa shape index (κ2) is 10.8. The highest BCUT2D eigenvalue weighted by Crippen LogP contribution is 2.12. The van der Waals surface area contributed by atoms with Crippen molar-refractivity contribution in [1.29, 1.82) is 0 Å². The molecule has 0 rings (SSSR count). The lowest BCUT2D eigenvalue weighted by Gasteiger charge is -2.35. The quantitative estimate of drug-likeness (QED) is 0.577.